The number of aromatic nitrogens is 2. The Balaban J connectivity index is 1.87. The van der Waals surface area contributed by atoms with E-state index in [4.69, 9.17) is 18.9 Å². The predicted molar refractivity (Wildman–Crippen MR) is 129 cm³/mol. The highest BCUT2D eigenvalue weighted by molar-refractivity contribution is 6.04. The van der Waals surface area contributed by atoms with Crippen molar-refractivity contribution in [1.82, 2.24) is 9.97 Å². The minimum atomic E-state index is -1.05. The summed E-state index contributed by atoms with van der Waals surface area (Å²) in [4.78, 5) is 51.2. The molecule has 1 fully saturated rings. The number of anilines is 1. The van der Waals surface area contributed by atoms with Gasteiger partial charge in [0.2, 0.25) is 0 Å². The molecule has 1 aliphatic rings. The summed E-state index contributed by atoms with van der Waals surface area (Å²) in [7, 11) is 0. The molecule has 4 atom stereocenters. The summed E-state index contributed by atoms with van der Waals surface area (Å²) in [6.45, 7) is 5.64. The maximum Gasteiger partial charge on any atom is 0.303 e. The fraction of sp³-hybridized carbons (Fsp3) is 0.417. The zero-order valence-corrected chi connectivity index (χ0v) is 20.5. The van der Waals surface area contributed by atoms with Gasteiger partial charge in [0.1, 0.15) is 18.4 Å². The van der Waals surface area contributed by atoms with Crippen LogP contribution in [-0.4, -0.2) is 71.1 Å². The van der Waals surface area contributed by atoms with Crippen LogP contribution in [0, 0.1) is 0 Å². The summed E-state index contributed by atoms with van der Waals surface area (Å²) in [6, 6.07) is 9.69. The van der Waals surface area contributed by atoms with Crippen LogP contribution in [0.5, 0.6) is 0 Å². The summed E-state index contributed by atoms with van der Waals surface area (Å²) in [5.41, 5.74) is 1.48. The Morgan fingerprint density at radius 1 is 1.08 bits per heavy atom. The van der Waals surface area contributed by atoms with Crippen LogP contribution in [0.25, 0.3) is 0 Å². The van der Waals surface area contributed by atoms with Gasteiger partial charge >= 0.3 is 17.9 Å². The largest absolute Gasteiger partial charge is 0.463 e. The molecule has 3 rings (SSSR count). The van der Waals surface area contributed by atoms with Crippen molar-refractivity contribution in [1.29, 1.82) is 0 Å². The summed E-state index contributed by atoms with van der Waals surface area (Å²) in [5, 5.41) is 3.07. The van der Waals surface area contributed by atoms with E-state index in [-0.39, 0.29) is 6.61 Å². The standard InChI is InChI=1S/C24H29N5O7/c1-5-25-22(26-11-17-9-7-6-8-10-17)19-23(28-13-27-19)29-24-21(35-16(4)32)20(34-15(3)31)18(36-24)12-33-14(2)30/h5-10,13,18,20-21,24,29H,11-12H2,1-4H3,(H,27,28)/t18-,20-,21-,24-/m1/s1. The molecule has 1 aromatic heterocycles. The Hall–Kier alpha value is -4.06. The summed E-state index contributed by atoms with van der Waals surface area (Å²) in [5.74, 6) is -1.04. The molecule has 36 heavy (non-hydrogen) atoms. The van der Waals surface area contributed by atoms with Crippen molar-refractivity contribution in [3.05, 3.63) is 47.9 Å². The van der Waals surface area contributed by atoms with E-state index in [1.165, 1.54) is 27.1 Å². The molecule has 12 heteroatoms. The monoisotopic (exact) mass is 499 g/mol. The summed E-state index contributed by atoms with van der Waals surface area (Å²) < 4.78 is 21.8. The number of aromatic amines is 1. The molecule has 0 bridgehead atoms. The first-order valence-corrected chi connectivity index (χ1v) is 11.3. The Labute approximate surface area is 208 Å². The van der Waals surface area contributed by atoms with Crippen molar-refractivity contribution < 1.29 is 33.3 Å². The minimum absolute atomic E-state index is 0.208. The highest BCUT2D eigenvalue weighted by Gasteiger charge is 2.50. The average molecular weight is 500 g/mol. The van der Waals surface area contributed by atoms with Crippen molar-refractivity contribution in [3.63, 3.8) is 0 Å². The number of ether oxygens (including phenoxy) is 4. The second-order valence-corrected chi connectivity index (χ2v) is 7.83. The number of imidazole rings is 1. The van der Waals surface area contributed by atoms with Gasteiger partial charge in [0.25, 0.3) is 0 Å². The second-order valence-electron chi connectivity index (χ2n) is 7.83. The average Bonchev–Trinajstić information content (AvgIpc) is 3.41. The number of hydrogen-bond acceptors (Lipinski definition) is 10. The molecule has 0 radical (unpaired) electrons. The minimum Gasteiger partial charge on any atom is -0.463 e. The van der Waals surface area contributed by atoms with Crippen LogP contribution in [0.2, 0.25) is 0 Å². The number of nitrogens with zero attached hydrogens (tertiary/aromatic N) is 3. The van der Waals surface area contributed by atoms with Crippen LogP contribution < -0.4 is 5.32 Å². The van der Waals surface area contributed by atoms with Gasteiger partial charge < -0.3 is 29.2 Å². The van der Waals surface area contributed by atoms with E-state index in [2.05, 4.69) is 25.3 Å². The van der Waals surface area contributed by atoms with Gasteiger partial charge in [-0.15, -0.1) is 0 Å². The Kier molecular flexibility index (Phi) is 9.28. The Morgan fingerprint density at radius 2 is 1.78 bits per heavy atom. The van der Waals surface area contributed by atoms with E-state index in [9.17, 15) is 14.4 Å². The first kappa shape index (κ1) is 26.5. The first-order chi connectivity index (χ1) is 17.3. The van der Waals surface area contributed by atoms with E-state index < -0.39 is 42.4 Å². The molecule has 12 nitrogen and oxygen atoms in total. The van der Waals surface area contributed by atoms with Crippen molar-refractivity contribution in [3.8, 4) is 0 Å². The topological polar surface area (TPSA) is 154 Å². The number of esters is 3. The quantitative estimate of drug-likeness (QED) is 0.228. The number of nitrogens with one attached hydrogen (secondary N) is 2. The number of aliphatic imine (C=N–C) groups is 2. The van der Waals surface area contributed by atoms with Gasteiger partial charge in [-0.05, 0) is 12.5 Å². The third kappa shape index (κ3) is 7.22. The zero-order chi connectivity index (χ0) is 26.1. The van der Waals surface area contributed by atoms with E-state index in [0.717, 1.165) is 5.56 Å². The molecule has 0 spiro atoms. The second kappa shape index (κ2) is 12.6. The highest BCUT2D eigenvalue weighted by atomic mass is 16.7. The number of carbonyl (C=O) groups excluding carboxylic acids is 3. The molecular weight excluding hydrogens is 470 g/mol. The molecule has 2 heterocycles. The van der Waals surface area contributed by atoms with Gasteiger partial charge in [-0.2, -0.15) is 0 Å². The van der Waals surface area contributed by atoms with E-state index in [1.54, 1.807) is 13.1 Å². The predicted octanol–water partition coefficient (Wildman–Crippen LogP) is 2.01. The maximum atomic E-state index is 11.8. The lowest BCUT2D eigenvalue weighted by atomic mass is 10.1. The molecule has 0 unspecified atom stereocenters. The van der Waals surface area contributed by atoms with Crippen LogP contribution >= 0.6 is 0 Å². The zero-order valence-electron chi connectivity index (χ0n) is 20.5. The van der Waals surface area contributed by atoms with Gasteiger partial charge in [-0.3, -0.25) is 19.4 Å². The molecule has 2 N–H and O–H groups in total. The van der Waals surface area contributed by atoms with Gasteiger partial charge in [0.15, 0.2) is 30.1 Å². The number of carbonyl (C=O) groups is 3. The SMILES string of the molecule is CC=NC(=NCc1ccccc1)c1[nH]cnc1N[C@@H]1O[C@H](COC(C)=O)[C@@H](OC(C)=O)[C@H]1OC(C)=O. The number of H-pyrrole nitrogens is 1. The molecule has 192 valence electrons. The summed E-state index contributed by atoms with van der Waals surface area (Å²) >= 11 is 0. The van der Waals surface area contributed by atoms with Crippen molar-refractivity contribution in [2.45, 2.75) is 58.8 Å². The molecular formula is C24H29N5O7. The van der Waals surface area contributed by atoms with Crippen molar-refractivity contribution in [2.24, 2.45) is 9.98 Å². The van der Waals surface area contributed by atoms with Crippen LogP contribution in [-0.2, 0) is 39.9 Å². The number of amidine groups is 1. The third-order valence-electron chi connectivity index (χ3n) is 5.01. The van der Waals surface area contributed by atoms with E-state index >= 15 is 0 Å². The van der Waals surface area contributed by atoms with Crippen LogP contribution in [0.15, 0.2) is 46.6 Å². The molecule has 0 amide bonds. The van der Waals surface area contributed by atoms with Gasteiger partial charge in [0.05, 0.1) is 12.9 Å². The number of hydrogen-bond donors (Lipinski definition) is 2. The van der Waals surface area contributed by atoms with E-state index in [1.807, 2.05) is 30.3 Å². The van der Waals surface area contributed by atoms with Crippen molar-refractivity contribution >= 4 is 35.8 Å². The Bertz CT molecular complexity index is 1120. The van der Waals surface area contributed by atoms with Crippen LogP contribution in [0.4, 0.5) is 5.82 Å². The molecule has 1 saturated heterocycles. The molecule has 1 aromatic carbocycles. The fourth-order valence-electron chi connectivity index (χ4n) is 3.60. The van der Waals surface area contributed by atoms with Gasteiger partial charge in [-0.25, -0.2) is 9.98 Å². The summed E-state index contributed by atoms with van der Waals surface area (Å²) in [6.07, 6.45) is -0.880. The Morgan fingerprint density at radius 3 is 2.42 bits per heavy atom. The highest BCUT2D eigenvalue weighted by Crippen LogP contribution is 2.29. The molecule has 0 saturated carbocycles. The lowest BCUT2D eigenvalue weighted by Gasteiger charge is -2.23. The third-order valence-corrected chi connectivity index (χ3v) is 5.01. The maximum absolute atomic E-state index is 11.8. The molecule has 1 aliphatic heterocycles. The number of benzene rings is 1. The van der Waals surface area contributed by atoms with Crippen LogP contribution in [0.1, 0.15) is 39.0 Å². The lowest BCUT2D eigenvalue weighted by molar-refractivity contribution is -0.165. The smallest absolute Gasteiger partial charge is 0.303 e. The normalized spacial score (nSPS) is 21.8. The van der Waals surface area contributed by atoms with E-state index in [0.29, 0.717) is 23.9 Å². The van der Waals surface area contributed by atoms with Crippen molar-refractivity contribution in [2.75, 3.05) is 11.9 Å². The number of rotatable bonds is 9. The molecule has 2 aromatic rings. The van der Waals surface area contributed by atoms with Gasteiger partial charge in [0, 0.05) is 27.0 Å². The van der Waals surface area contributed by atoms with Gasteiger partial charge in [-0.1, -0.05) is 30.3 Å². The molecule has 0 aliphatic carbocycles. The first-order valence-electron chi connectivity index (χ1n) is 11.3. The fourth-order valence-corrected chi connectivity index (χ4v) is 3.60. The van der Waals surface area contributed by atoms with Crippen LogP contribution in [0.3, 0.4) is 0 Å². The lowest BCUT2D eigenvalue weighted by Crippen LogP contribution is -2.43.